The molecule has 0 aromatic carbocycles. The Morgan fingerprint density at radius 2 is 2.07 bits per heavy atom. The molecule has 14 heavy (non-hydrogen) atoms. The zero-order valence-electron chi connectivity index (χ0n) is 8.28. The van der Waals surface area contributed by atoms with Crippen LogP contribution in [0.15, 0.2) is 12.2 Å². The van der Waals surface area contributed by atoms with Crippen LogP contribution in [0.3, 0.4) is 0 Å². The second-order valence-electron chi connectivity index (χ2n) is 3.16. The van der Waals surface area contributed by atoms with E-state index in [1.165, 1.54) is 0 Å². The minimum Gasteiger partial charge on any atom is -0.372 e. The lowest BCUT2D eigenvalue weighted by Gasteiger charge is -2.07. The third kappa shape index (κ3) is 11.4. The van der Waals surface area contributed by atoms with Gasteiger partial charge in [0, 0.05) is 13.2 Å². The van der Waals surface area contributed by atoms with Crippen molar-refractivity contribution in [2.45, 2.75) is 19.5 Å². The van der Waals surface area contributed by atoms with Gasteiger partial charge in [0.2, 0.25) is 0 Å². The van der Waals surface area contributed by atoms with E-state index in [1.807, 2.05) is 6.92 Å². The standard InChI is InChI=1S/C9H16F3NO/c1-8(2)6-13-4-3-5-14-7-9(10,11)12/h13H,1,3-7H2,2H3. The molecule has 0 bridgehead atoms. The first-order valence-corrected chi connectivity index (χ1v) is 4.41. The van der Waals surface area contributed by atoms with Crippen LogP contribution in [-0.4, -0.2) is 32.5 Å². The first-order chi connectivity index (χ1) is 6.42. The Bertz CT molecular complexity index is 168. The largest absolute Gasteiger partial charge is 0.411 e. The van der Waals surface area contributed by atoms with Gasteiger partial charge in [-0.25, -0.2) is 0 Å². The molecule has 84 valence electrons. The highest BCUT2D eigenvalue weighted by Crippen LogP contribution is 2.14. The lowest BCUT2D eigenvalue weighted by Crippen LogP contribution is -2.21. The minimum absolute atomic E-state index is 0.128. The average Bonchev–Trinajstić information content (AvgIpc) is 2.00. The van der Waals surface area contributed by atoms with Crippen LogP contribution < -0.4 is 5.32 Å². The van der Waals surface area contributed by atoms with E-state index in [4.69, 9.17) is 0 Å². The molecule has 0 aromatic heterocycles. The zero-order chi connectivity index (χ0) is 11.0. The van der Waals surface area contributed by atoms with Crippen LogP contribution >= 0.6 is 0 Å². The van der Waals surface area contributed by atoms with Crippen LogP contribution in [0.25, 0.3) is 0 Å². The Balaban J connectivity index is 3.11. The highest BCUT2D eigenvalue weighted by molar-refractivity contribution is 4.90. The number of nitrogens with one attached hydrogen (secondary N) is 1. The molecule has 0 aromatic rings. The maximum absolute atomic E-state index is 11.6. The van der Waals surface area contributed by atoms with Crippen molar-refractivity contribution in [1.29, 1.82) is 0 Å². The predicted octanol–water partition coefficient (Wildman–Crippen LogP) is 2.12. The van der Waals surface area contributed by atoms with Crippen molar-refractivity contribution in [3.05, 3.63) is 12.2 Å². The van der Waals surface area contributed by atoms with Crippen LogP contribution in [0.5, 0.6) is 0 Å². The number of hydrogen-bond acceptors (Lipinski definition) is 2. The molecule has 1 N–H and O–H groups in total. The van der Waals surface area contributed by atoms with E-state index in [-0.39, 0.29) is 6.61 Å². The summed E-state index contributed by atoms with van der Waals surface area (Å²) in [5.74, 6) is 0. The van der Waals surface area contributed by atoms with E-state index in [9.17, 15) is 13.2 Å². The summed E-state index contributed by atoms with van der Waals surface area (Å²) >= 11 is 0. The molecule has 2 nitrogen and oxygen atoms in total. The Morgan fingerprint density at radius 1 is 1.43 bits per heavy atom. The van der Waals surface area contributed by atoms with Crippen molar-refractivity contribution in [1.82, 2.24) is 5.32 Å². The van der Waals surface area contributed by atoms with Gasteiger partial charge in [-0.2, -0.15) is 13.2 Å². The topological polar surface area (TPSA) is 21.3 Å². The van der Waals surface area contributed by atoms with Crippen molar-refractivity contribution >= 4 is 0 Å². The third-order valence-electron chi connectivity index (χ3n) is 1.33. The smallest absolute Gasteiger partial charge is 0.372 e. The van der Waals surface area contributed by atoms with Gasteiger partial charge >= 0.3 is 6.18 Å². The number of hydrogen-bond donors (Lipinski definition) is 1. The van der Waals surface area contributed by atoms with Gasteiger partial charge in [-0.05, 0) is 19.9 Å². The van der Waals surface area contributed by atoms with Crippen LogP contribution in [0, 0.1) is 0 Å². The average molecular weight is 211 g/mol. The molecule has 5 heteroatoms. The summed E-state index contributed by atoms with van der Waals surface area (Å²) in [6, 6.07) is 0. The fourth-order valence-corrected chi connectivity index (χ4v) is 0.789. The molecule has 0 aliphatic carbocycles. The highest BCUT2D eigenvalue weighted by atomic mass is 19.4. The summed E-state index contributed by atoms with van der Waals surface area (Å²) in [7, 11) is 0. The van der Waals surface area contributed by atoms with Gasteiger partial charge in [-0.15, -0.1) is 0 Å². The van der Waals surface area contributed by atoms with Gasteiger partial charge in [-0.1, -0.05) is 12.2 Å². The Hall–Kier alpha value is -0.550. The fraction of sp³-hybridized carbons (Fsp3) is 0.778. The van der Waals surface area contributed by atoms with Crippen molar-refractivity contribution < 1.29 is 17.9 Å². The monoisotopic (exact) mass is 211 g/mol. The van der Waals surface area contributed by atoms with Gasteiger partial charge in [0.15, 0.2) is 0 Å². The molecule has 0 rings (SSSR count). The molecule has 0 spiro atoms. The van der Waals surface area contributed by atoms with Crippen molar-refractivity contribution in [2.75, 3.05) is 26.3 Å². The first kappa shape index (κ1) is 13.4. The quantitative estimate of drug-likeness (QED) is 0.514. The molecule has 0 radical (unpaired) electrons. The molecule has 0 saturated heterocycles. The molecule has 0 saturated carbocycles. The SMILES string of the molecule is C=C(C)CNCCCOCC(F)(F)F. The molecule has 0 unspecified atom stereocenters. The minimum atomic E-state index is -4.22. The number of ether oxygens (including phenoxy) is 1. The zero-order valence-corrected chi connectivity index (χ0v) is 8.28. The lowest BCUT2D eigenvalue weighted by atomic mass is 10.3. The van der Waals surface area contributed by atoms with E-state index < -0.39 is 12.8 Å². The summed E-state index contributed by atoms with van der Waals surface area (Å²) in [5, 5.41) is 3.02. The second kappa shape index (κ2) is 6.84. The Kier molecular flexibility index (Phi) is 6.57. The molecule has 0 atom stereocenters. The van der Waals surface area contributed by atoms with Gasteiger partial charge in [0.1, 0.15) is 6.61 Å². The predicted molar refractivity (Wildman–Crippen MR) is 49.2 cm³/mol. The molecule has 0 heterocycles. The number of alkyl halides is 3. The van der Waals surface area contributed by atoms with E-state index >= 15 is 0 Å². The summed E-state index contributed by atoms with van der Waals surface area (Å²) in [6.07, 6.45) is -3.64. The van der Waals surface area contributed by atoms with Crippen LogP contribution in [0.4, 0.5) is 13.2 Å². The summed E-state index contributed by atoms with van der Waals surface area (Å²) in [6.45, 7) is 5.87. The maximum atomic E-state index is 11.6. The van der Waals surface area contributed by atoms with Gasteiger partial charge in [-0.3, -0.25) is 0 Å². The molecular formula is C9H16F3NO. The maximum Gasteiger partial charge on any atom is 0.411 e. The van der Waals surface area contributed by atoms with Gasteiger partial charge < -0.3 is 10.1 Å². The van der Waals surface area contributed by atoms with Crippen molar-refractivity contribution in [3.63, 3.8) is 0 Å². The van der Waals surface area contributed by atoms with Crippen LogP contribution in [-0.2, 0) is 4.74 Å². The van der Waals surface area contributed by atoms with Crippen molar-refractivity contribution in [3.8, 4) is 0 Å². The highest BCUT2D eigenvalue weighted by Gasteiger charge is 2.26. The second-order valence-corrected chi connectivity index (χ2v) is 3.16. The van der Waals surface area contributed by atoms with E-state index in [0.29, 0.717) is 19.5 Å². The lowest BCUT2D eigenvalue weighted by molar-refractivity contribution is -0.173. The van der Waals surface area contributed by atoms with Gasteiger partial charge in [0.05, 0.1) is 0 Å². The van der Waals surface area contributed by atoms with E-state index in [1.54, 1.807) is 0 Å². The van der Waals surface area contributed by atoms with Crippen LogP contribution in [0.2, 0.25) is 0 Å². The molecule has 0 amide bonds. The summed E-state index contributed by atoms with van der Waals surface area (Å²) in [5.41, 5.74) is 1.00. The Labute approximate surface area is 82.1 Å². The molecule has 0 aliphatic rings. The third-order valence-corrected chi connectivity index (χ3v) is 1.33. The summed E-state index contributed by atoms with van der Waals surface area (Å²) in [4.78, 5) is 0. The number of halogens is 3. The van der Waals surface area contributed by atoms with Crippen LogP contribution in [0.1, 0.15) is 13.3 Å². The molecule has 0 fully saturated rings. The normalized spacial score (nSPS) is 11.7. The molecule has 0 aliphatic heterocycles. The van der Waals surface area contributed by atoms with E-state index in [0.717, 1.165) is 5.57 Å². The van der Waals surface area contributed by atoms with E-state index in [2.05, 4.69) is 16.6 Å². The van der Waals surface area contributed by atoms with Crippen molar-refractivity contribution in [2.24, 2.45) is 0 Å². The first-order valence-electron chi connectivity index (χ1n) is 4.41. The summed E-state index contributed by atoms with van der Waals surface area (Å²) < 4.78 is 39.2. The Morgan fingerprint density at radius 3 is 2.57 bits per heavy atom. The fourth-order valence-electron chi connectivity index (χ4n) is 0.789. The van der Waals surface area contributed by atoms with Gasteiger partial charge in [0.25, 0.3) is 0 Å². The molecular weight excluding hydrogens is 195 g/mol. The number of rotatable bonds is 7.